The number of hydrogen-bond acceptors (Lipinski definition) is 0. The fourth-order valence-corrected chi connectivity index (χ4v) is 2.28. The van der Waals surface area contributed by atoms with Crippen LogP contribution in [-0.2, 0) is 13.1 Å². The lowest BCUT2D eigenvalue weighted by atomic mass is 10.0. The molecule has 100 valence electrons. The molecule has 1 nitrogen and oxygen atoms in total. The molecule has 1 heteroatoms. The van der Waals surface area contributed by atoms with Crippen LogP contribution in [0.1, 0.15) is 31.9 Å². The molecule has 2 rings (SSSR count). The maximum absolute atomic E-state index is 2.31. The van der Waals surface area contributed by atoms with Gasteiger partial charge in [-0.3, -0.25) is 0 Å². The Kier molecular flexibility index (Phi) is 4.39. The van der Waals surface area contributed by atoms with Crippen LogP contribution in [0.15, 0.2) is 60.7 Å². The molecule has 0 radical (unpaired) electrons. The van der Waals surface area contributed by atoms with E-state index in [1.807, 2.05) is 0 Å². The standard InChI is InChI=1S/C18H23N/c1-18(2,3)19(14-16-10-6-4-7-11-16)15-17-12-8-5-9-13-17/h4-13H,14-15H2,1-3H3/p+1. The van der Waals surface area contributed by atoms with E-state index in [2.05, 4.69) is 81.4 Å². The molecule has 0 aliphatic carbocycles. The van der Waals surface area contributed by atoms with Crippen molar-refractivity contribution in [2.24, 2.45) is 0 Å². The Labute approximate surface area is 116 Å². The summed E-state index contributed by atoms with van der Waals surface area (Å²) in [5, 5.41) is 0. The fourth-order valence-electron chi connectivity index (χ4n) is 2.28. The van der Waals surface area contributed by atoms with Crippen LogP contribution in [0.25, 0.3) is 0 Å². The zero-order chi connectivity index (χ0) is 13.7. The quantitative estimate of drug-likeness (QED) is 0.855. The summed E-state index contributed by atoms with van der Waals surface area (Å²) in [6.07, 6.45) is 0. The van der Waals surface area contributed by atoms with Crippen LogP contribution < -0.4 is 4.90 Å². The largest absolute Gasteiger partial charge is 0.323 e. The Morgan fingerprint density at radius 2 is 1.05 bits per heavy atom. The maximum Gasteiger partial charge on any atom is 0.103 e. The van der Waals surface area contributed by atoms with Gasteiger partial charge < -0.3 is 4.90 Å². The Morgan fingerprint density at radius 3 is 1.37 bits per heavy atom. The molecule has 0 fully saturated rings. The van der Waals surface area contributed by atoms with Crippen molar-refractivity contribution in [2.45, 2.75) is 39.4 Å². The van der Waals surface area contributed by atoms with Gasteiger partial charge in [0.15, 0.2) is 0 Å². The Bertz CT molecular complexity index is 441. The Balaban J connectivity index is 2.13. The molecule has 0 amide bonds. The lowest BCUT2D eigenvalue weighted by molar-refractivity contribution is -0.972. The van der Waals surface area contributed by atoms with Gasteiger partial charge in [0.1, 0.15) is 13.1 Å². The number of rotatable bonds is 4. The van der Waals surface area contributed by atoms with Gasteiger partial charge in [0.2, 0.25) is 0 Å². The van der Waals surface area contributed by atoms with Crippen molar-refractivity contribution >= 4 is 0 Å². The predicted molar refractivity (Wildman–Crippen MR) is 81.0 cm³/mol. The van der Waals surface area contributed by atoms with Gasteiger partial charge in [-0.2, -0.15) is 0 Å². The van der Waals surface area contributed by atoms with Crippen molar-refractivity contribution in [2.75, 3.05) is 0 Å². The van der Waals surface area contributed by atoms with Gasteiger partial charge in [0.25, 0.3) is 0 Å². The van der Waals surface area contributed by atoms with Crippen molar-refractivity contribution in [3.63, 3.8) is 0 Å². The zero-order valence-corrected chi connectivity index (χ0v) is 12.2. The first kappa shape index (κ1) is 13.8. The maximum atomic E-state index is 2.31. The summed E-state index contributed by atoms with van der Waals surface area (Å²) >= 11 is 0. The molecule has 0 heterocycles. The van der Waals surface area contributed by atoms with Crippen molar-refractivity contribution in [1.29, 1.82) is 0 Å². The molecule has 2 aromatic rings. The molecular weight excluding hydrogens is 230 g/mol. The van der Waals surface area contributed by atoms with Gasteiger partial charge in [0, 0.05) is 11.1 Å². The molecular formula is C18H24N+. The van der Waals surface area contributed by atoms with Gasteiger partial charge >= 0.3 is 0 Å². The second-order valence-electron chi connectivity index (χ2n) is 6.18. The molecule has 2 aromatic carbocycles. The Hall–Kier alpha value is -1.60. The van der Waals surface area contributed by atoms with Crippen LogP contribution in [0.2, 0.25) is 0 Å². The van der Waals surface area contributed by atoms with Crippen LogP contribution >= 0.6 is 0 Å². The van der Waals surface area contributed by atoms with Gasteiger partial charge in [-0.25, -0.2) is 0 Å². The van der Waals surface area contributed by atoms with Crippen molar-refractivity contribution in [3.8, 4) is 0 Å². The number of hydrogen-bond donors (Lipinski definition) is 1. The molecule has 0 saturated heterocycles. The summed E-state index contributed by atoms with van der Waals surface area (Å²) in [4.78, 5) is 1.59. The lowest BCUT2D eigenvalue weighted by Crippen LogP contribution is -3.16. The van der Waals surface area contributed by atoms with E-state index in [0.29, 0.717) is 0 Å². The predicted octanol–water partition coefficient (Wildman–Crippen LogP) is 3.07. The van der Waals surface area contributed by atoms with Gasteiger partial charge in [-0.1, -0.05) is 60.7 Å². The average Bonchev–Trinajstić information content (AvgIpc) is 2.39. The zero-order valence-electron chi connectivity index (χ0n) is 12.2. The highest BCUT2D eigenvalue weighted by atomic mass is 15.2. The minimum absolute atomic E-state index is 0.242. The summed E-state index contributed by atoms with van der Waals surface area (Å²) in [5.41, 5.74) is 3.05. The van der Waals surface area contributed by atoms with Crippen LogP contribution in [0.5, 0.6) is 0 Å². The van der Waals surface area contributed by atoms with E-state index in [-0.39, 0.29) is 5.54 Å². The molecule has 0 aliphatic heterocycles. The third-order valence-corrected chi connectivity index (χ3v) is 3.58. The third-order valence-electron chi connectivity index (χ3n) is 3.58. The molecule has 19 heavy (non-hydrogen) atoms. The minimum atomic E-state index is 0.242. The number of nitrogens with one attached hydrogen (secondary N) is 1. The number of quaternary nitrogens is 1. The molecule has 0 spiro atoms. The lowest BCUT2D eigenvalue weighted by Gasteiger charge is -2.32. The van der Waals surface area contributed by atoms with E-state index in [0.717, 1.165) is 13.1 Å². The van der Waals surface area contributed by atoms with E-state index < -0.39 is 0 Å². The molecule has 0 atom stereocenters. The Morgan fingerprint density at radius 1 is 0.684 bits per heavy atom. The normalized spacial score (nSPS) is 11.8. The van der Waals surface area contributed by atoms with Crippen LogP contribution in [0.3, 0.4) is 0 Å². The fraction of sp³-hybridized carbons (Fsp3) is 0.333. The van der Waals surface area contributed by atoms with E-state index in [4.69, 9.17) is 0 Å². The van der Waals surface area contributed by atoms with Crippen LogP contribution in [0, 0.1) is 0 Å². The molecule has 0 saturated carbocycles. The monoisotopic (exact) mass is 254 g/mol. The summed E-state index contributed by atoms with van der Waals surface area (Å²) in [5.74, 6) is 0. The molecule has 0 aliphatic rings. The highest BCUT2D eigenvalue weighted by Gasteiger charge is 2.25. The average molecular weight is 254 g/mol. The number of benzene rings is 2. The first-order valence-electron chi connectivity index (χ1n) is 6.99. The van der Waals surface area contributed by atoms with Gasteiger partial charge in [-0.15, -0.1) is 0 Å². The summed E-state index contributed by atoms with van der Waals surface area (Å²) in [6.45, 7) is 9.08. The minimum Gasteiger partial charge on any atom is -0.323 e. The summed E-state index contributed by atoms with van der Waals surface area (Å²) in [6, 6.07) is 21.5. The summed E-state index contributed by atoms with van der Waals surface area (Å²) < 4.78 is 0. The van der Waals surface area contributed by atoms with Crippen LogP contribution in [-0.4, -0.2) is 5.54 Å². The second-order valence-corrected chi connectivity index (χ2v) is 6.18. The smallest absolute Gasteiger partial charge is 0.103 e. The van der Waals surface area contributed by atoms with Crippen LogP contribution in [0.4, 0.5) is 0 Å². The second kappa shape index (κ2) is 6.03. The van der Waals surface area contributed by atoms with Gasteiger partial charge in [-0.05, 0) is 20.8 Å². The first-order valence-corrected chi connectivity index (χ1v) is 6.99. The van der Waals surface area contributed by atoms with E-state index in [1.54, 1.807) is 4.90 Å². The van der Waals surface area contributed by atoms with Crippen molar-refractivity contribution in [1.82, 2.24) is 0 Å². The molecule has 0 bridgehead atoms. The highest BCUT2D eigenvalue weighted by molar-refractivity contribution is 5.15. The van der Waals surface area contributed by atoms with E-state index >= 15 is 0 Å². The molecule has 0 unspecified atom stereocenters. The highest BCUT2D eigenvalue weighted by Crippen LogP contribution is 2.03. The first-order chi connectivity index (χ1) is 9.05. The molecule has 0 aromatic heterocycles. The van der Waals surface area contributed by atoms with Gasteiger partial charge in [0.05, 0.1) is 5.54 Å². The van der Waals surface area contributed by atoms with E-state index in [1.165, 1.54) is 11.1 Å². The van der Waals surface area contributed by atoms with E-state index in [9.17, 15) is 0 Å². The topological polar surface area (TPSA) is 4.44 Å². The SMILES string of the molecule is CC(C)(C)[NH+](Cc1ccccc1)Cc1ccccc1. The third kappa shape index (κ3) is 4.22. The van der Waals surface area contributed by atoms with Crippen molar-refractivity contribution in [3.05, 3.63) is 71.8 Å². The molecule has 1 N–H and O–H groups in total. The summed E-state index contributed by atoms with van der Waals surface area (Å²) in [7, 11) is 0. The van der Waals surface area contributed by atoms with Crippen molar-refractivity contribution < 1.29 is 4.90 Å².